The number of rotatable bonds is 7. The Kier molecular flexibility index (Phi) is 17.3. The number of ketones is 1. The van der Waals surface area contributed by atoms with Crippen LogP contribution in [-0.2, 0) is 38.1 Å². The minimum atomic E-state index is -2.28. The molecule has 12 heteroatoms. The average Bonchev–Trinajstić information content (AvgIpc) is 3.18. The number of fused-ring (bicyclic) bond motifs is 3. The summed E-state index contributed by atoms with van der Waals surface area (Å²) in [7, 11) is 4.73. The lowest BCUT2D eigenvalue weighted by molar-refractivity contribution is -0.346. The Bertz CT molecular complexity index is 1400. The molecule has 4 rings (SSSR count). The van der Waals surface area contributed by atoms with Crippen LogP contribution in [0.2, 0.25) is 0 Å². The molecular formula is C44H71NO11. The number of hydrogen-bond donors (Lipinski definition) is 3. The molecule has 2 bridgehead atoms. The number of methoxy groups -OCH3 is 3. The van der Waals surface area contributed by atoms with Crippen molar-refractivity contribution in [1.29, 1.82) is 0 Å². The van der Waals surface area contributed by atoms with Crippen molar-refractivity contribution in [2.24, 2.45) is 29.6 Å². The Balaban J connectivity index is 1.74. The molecule has 1 saturated carbocycles. The van der Waals surface area contributed by atoms with E-state index in [0.717, 1.165) is 17.6 Å². The molecule has 3 heterocycles. The van der Waals surface area contributed by atoms with Crippen LogP contribution in [-0.4, -0.2) is 120 Å². The number of allylic oxidation sites excluding steroid dienone is 4. The number of ether oxygens (including phenoxy) is 5. The fraction of sp³-hybridized carbons (Fsp3) is 0.795. The van der Waals surface area contributed by atoms with Gasteiger partial charge in [-0.3, -0.25) is 9.59 Å². The van der Waals surface area contributed by atoms with Crippen LogP contribution in [0.1, 0.15) is 112 Å². The zero-order chi connectivity index (χ0) is 41.3. The van der Waals surface area contributed by atoms with E-state index in [1.54, 1.807) is 34.3 Å². The van der Waals surface area contributed by atoms with E-state index in [-0.39, 0.29) is 48.5 Å². The summed E-state index contributed by atoms with van der Waals surface area (Å²) < 4.78 is 30.1. The third-order valence-corrected chi connectivity index (χ3v) is 12.9. The molecule has 0 aromatic carbocycles. The fourth-order valence-electron chi connectivity index (χ4n) is 9.58. The molecule has 14 unspecified atom stereocenters. The average molecular weight is 790 g/mol. The number of amides is 1. The van der Waals surface area contributed by atoms with E-state index in [1.165, 1.54) is 4.90 Å². The third kappa shape index (κ3) is 11.2. The number of nitrogens with zero attached hydrogens (tertiary/aromatic N) is 1. The Morgan fingerprint density at radius 2 is 1.64 bits per heavy atom. The zero-order valence-electron chi connectivity index (χ0n) is 35.2. The number of cyclic esters (lactones) is 1. The van der Waals surface area contributed by atoms with Gasteiger partial charge in [0.05, 0.1) is 24.4 Å². The van der Waals surface area contributed by atoms with Crippen LogP contribution in [0.4, 0.5) is 0 Å². The molecule has 3 aliphatic heterocycles. The Morgan fingerprint density at radius 3 is 2.30 bits per heavy atom. The maximum absolute atomic E-state index is 14.3. The highest BCUT2D eigenvalue weighted by Crippen LogP contribution is 2.40. The van der Waals surface area contributed by atoms with E-state index < -0.39 is 66.2 Å². The molecular weight excluding hydrogens is 718 g/mol. The quantitative estimate of drug-likeness (QED) is 0.222. The minimum absolute atomic E-state index is 0.0873. The molecule has 3 N–H and O–H groups in total. The van der Waals surface area contributed by atoms with Crippen LogP contribution < -0.4 is 0 Å². The monoisotopic (exact) mass is 790 g/mol. The van der Waals surface area contributed by atoms with E-state index in [1.807, 2.05) is 26.8 Å². The topological polar surface area (TPSA) is 161 Å². The van der Waals surface area contributed by atoms with Crippen molar-refractivity contribution in [3.63, 3.8) is 0 Å². The second kappa shape index (κ2) is 21.0. The van der Waals surface area contributed by atoms with Gasteiger partial charge < -0.3 is 43.9 Å². The maximum Gasteiger partial charge on any atom is 0.329 e. The van der Waals surface area contributed by atoms with E-state index in [4.69, 9.17) is 23.7 Å². The largest absolute Gasteiger partial charge is 0.456 e. The lowest BCUT2D eigenvalue weighted by Gasteiger charge is -2.49. The van der Waals surface area contributed by atoms with Gasteiger partial charge in [-0.25, -0.2) is 4.79 Å². The molecule has 0 spiro atoms. The van der Waals surface area contributed by atoms with Crippen molar-refractivity contribution in [3.8, 4) is 0 Å². The first kappa shape index (κ1) is 46.2. The van der Waals surface area contributed by atoms with Crippen LogP contribution >= 0.6 is 0 Å². The third-order valence-electron chi connectivity index (χ3n) is 12.9. The molecule has 14 atom stereocenters. The van der Waals surface area contributed by atoms with Gasteiger partial charge in [0.1, 0.15) is 24.0 Å². The number of piperidine rings is 1. The predicted molar refractivity (Wildman–Crippen MR) is 212 cm³/mol. The van der Waals surface area contributed by atoms with Crippen molar-refractivity contribution in [2.75, 3.05) is 27.9 Å². The number of carbonyl (C=O) groups excluding carboxylic acids is 3. The molecule has 318 valence electrons. The van der Waals surface area contributed by atoms with E-state index in [2.05, 4.69) is 19.6 Å². The number of Topliss-reactive ketones (excluding diaryl/α,β-unsaturated/α-hetero) is 1. The summed E-state index contributed by atoms with van der Waals surface area (Å²) in [4.78, 5) is 43.8. The summed E-state index contributed by atoms with van der Waals surface area (Å²) >= 11 is 0. The van der Waals surface area contributed by atoms with Crippen molar-refractivity contribution in [1.82, 2.24) is 4.90 Å². The summed E-state index contributed by atoms with van der Waals surface area (Å²) in [6.07, 6.45) is 6.90. The lowest BCUT2D eigenvalue weighted by Crippen LogP contribution is -2.66. The highest BCUT2D eigenvalue weighted by atomic mass is 16.7. The summed E-state index contributed by atoms with van der Waals surface area (Å²) in [5.74, 6) is -4.71. The van der Waals surface area contributed by atoms with E-state index in [0.29, 0.717) is 64.2 Å². The first-order chi connectivity index (χ1) is 26.6. The molecule has 0 radical (unpaired) electrons. The molecule has 12 nitrogen and oxygen atoms in total. The summed E-state index contributed by atoms with van der Waals surface area (Å²) in [6, 6.07) is -0.991. The van der Waals surface area contributed by atoms with Gasteiger partial charge in [-0.05, 0) is 108 Å². The second-order valence-electron chi connectivity index (χ2n) is 17.3. The predicted octanol–water partition coefficient (Wildman–Crippen LogP) is 5.46. The summed E-state index contributed by atoms with van der Waals surface area (Å²) in [5, 5.41) is 34.3. The molecule has 0 aromatic rings. The molecule has 56 heavy (non-hydrogen) atoms. The zero-order valence-corrected chi connectivity index (χ0v) is 35.2. The number of aliphatic hydroxyl groups is 3. The van der Waals surface area contributed by atoms with Gasteiger partial charge in [0.25, 0.3) is 5.91 Å². The number of aliphatic hydroxyl groups excluding tert-OH is 2. The normalized spacial score (nSPS) is 41.4. The standard InChI is InChI=1S/C44H71NO11/c1-10-13-32-21-26(2)20-27(3)22-37(53-8)40-38(54-9)24-30(6)44(51,56-40)41(48)42(49)45-19-12-11-14-33(45)43(50)55-39(28(4)15-17-34(32)46)29(5)23-31-16-18-35(47)36(25-31)52-7/h10,21,23,27-28,30-33,35-41,47-48,51H,1,11-20,22,24-25H2,2-9H3/b26-21-,29-23+. The van der Waals surface area contributed by atoms with Crippen molar-refractivity contribution >= 4 is 17.7 Å². The van der Waals surface area contributed by atoms with Gasteiger partial charge in [0.2, 0.25) is 5.79 Å². The van der Waals surface area contributed by atoms with Gasteiger partial charge in [-0.15, -0.1) is 6.58 Å². The van der Waals surface area contributed by atoms with Gasteiger partial charge in [-0.1, -0.05) is 44.6 Å². The molecule has 4 aliphatic rings. The first-order valence-electron chi connectivity index (χ1n) is 20.9. The highest BCUT2D eigenvalue weighted by Gasteiger charge is 2.56. The van der Waals surface area contributed by atoms with Crippen LogP contribution in [0.5, 0.6) is 0 Å². The number of hydrogen-bond acceptors (Lipinski definition) is 11. The minimum Gasteiger partial charge on any atom is -0.456 e. The van der Waals surface area contributed by atoms with Crippen LogP contribution in [0.15, 0.2) is 36.0 Å². The molecule has 1 amide bonds. The second-order valence-corrected chi connectivity index (χ2v) is 17.3. The summed E-state index contributed by atoms with van der Waals surface area (Å²) in [5.41, 5.74) is 1.89. The smallest absolute Gasteiger partial charge is 0.329 e. The van der Waals surface area contributed by atoms with Crippen LogP contribution in [0.25, 0.3) is 0 Å². The molecule has 0 aromatic heterocycles. The number of carbonyl (C=O) groups is 3. The fourth-order valence-corrected chi connectivity index (χ4v) is 9.58. The molecule has 3 fully saturated rings. The van der Waals surface area contributed by atoms with Crippen LogP contribution in [0.3, 0.4) is 0 Å². The maximum atomic E-state index is 14.3. The van der Waals surface area contributed by atoms with Crippen molar-refractivity contribution < 1.29 is 53.4 Å². The number of esters is 1. The van der Waals surface area contributed by atoms with E-state index in [9.17, 15) is 29.7 Å². The van der Waals surface area contributed by atoms with Gasteiger partial charge >= 0.3 is 5.97 Å². The molecule has 1 aliphatic carbocycles. The Hall–Kier alpha value is -2.45. The van der Waals surface area contributed by atoms with Gasteiger partial charge in [-0.2, -0.15) is 0 Å². The SMILES string of the molecule is C=CCC1/C=C(/C)CC(C)CC(OC)C2OC(O)(C(C)CC2OC)C(O)C(=O)N2CCCCC2C(=O)OC(/C(C)=C/C2CCC(O)C(OC)C2)C(C)CCC1=O. The highest BCUT2D eigenvalue weighted by molar-refractivity contribution is 5.88. The first-order valence-corrected chi connectivity index (χ1v) is 20.9. The lowest BCUT2D eigenvalue weighted by atomic mass is 9.81. The van der Waals surface area contributed by atoms with Crippen molar-refractivity contribution in [3.05, 3.63) is 36.0 Å². The van der Waals surface area contributed by atoms with E-state index >= 15 is 0 Å². The van der Waals surface area contributed by atoms with Gasteiger partial charge in [0.15, 0.2) is 6.10 Å². The summed E-state index contributed by atoms with van der Waals surface area (Å²) in [6.45, 7) is 13.9. The Labute approximate surface area is 335 Å². The molecule has 2 saturated heterocycles. The van der Waals surface area contributed by atoms with Crippen LogP contribution in [0, 0.1) is 29.6 Å². The van der Waals surface area contributed by atoms with Crippen molar-refractivity contribution in [2.45, 2.75) is 166 Å². The van der Waals surface area contributed by atoms with Gasteiger partial charge in [0, 0.05) is 46.1 Å². The Morgan fingerprint density at radius 1 is 0.964 bits per heavy atom.